The summed E-state index contributed by atoms with van der Waals surface area (Å²) < 4.78 is 16.1. The largest absolute Gasteiger partial charge is 0.467 e. The number of nitro groups is 1. The molecule has 1 aliphatic rings. The van der Waals surface area contributed by atoms with Gasteiger partial charge in [0.05, 0.1) is 17.2 Å². The van der Waals surface area contributed by atoms with Crippen LogP contribution in [0, 0.1) is 17.0 Å². The van der Waals surface area contributed by atoms with Crippen LogP contribution in [0.1, 0.15) is 26.5 Å². The quantitative estimate of drug-likeness (QED) is 0.312. The predicted octanol–water partition coefficient (Wildman–Crippen LogP) is 4.90. The summed E-state index contributed by atoms with van der Waals surface area (Å²) in [6, 6.07) is 9.89. The summed E-state index contributed by atoms with van der Waals surface area (Å²) in [6.07, 6.45) is 0. The van der Waals surface area contributed by atoms with Crippen molar-refractivity contribution in [1.82, 2.24) is 4.98 Å². The van der Waals surface area contributed by atoms with E-state index in [1.54, 1.807) is 19.1 Å². The third-order valence-electron chi connectivity index (χ3n) is 4.41. The van der Waals surface area contributed by atoms with Gasteiger partial charge in [-0.3, -0.25) is 10.1 Å². The van der Waals surface area contributed by atoms with Crippen LogP contribution in [0.2, 0.25) is 5.02 Å². The van der Waals surface area contributed by atoms with Crippen LogP contribution in [0.15, 0.2) is 36.4 Å². The Morgan fingerprint density at radius 3 is 2.83 bits per heavy atom. The van der Waals surface area contributed by atoms with E-state index in [9.17, 15) is 14.9 Å². The van der Waals surface area contributed by atoms with Crippen LogP contribution >= 0.6 is 22.9 Å². The molecule has 0 bridgehead atoms. The van der Waals surface area contributed by atoms with Crippen LogP contribution in [-0.4, -0.2) is 22.7 Å². The molecule has 1 aromatic heterocycles. The number of carbonyl (C=O) groups is 1. The van der Waals surface area contributed by atoms with Crippen molar-refractivity contribution in [3.05, 3.63) is 73.2 Å². The molecule has 3 aromatic rings. The van der Waals surface area contributed by atoms with Crippen molar-refractivity contribution in [1.29, 1.82) is 0 Å². The van der Waals surface area contributed by atoms with Gasteiger partial charge in [-0.2, -0.15) is 0 Å². The Kier molecular flexibility index (Phi) is 5.67. The number of nitrogens with zero attached hydrogens (tertiary/aromatic N) is 2. The van der Waals surface area contributed by atoms with E-state index in [4.69, 9.17) is 25.8 Å². The second-order valence-electron chi connectivity index (χ2n) is 6.48. The predicted molar refractivity (Wildman–Crippen MR) is 110 cm³/mol. The monoisotopic (exact) mass is 446 g/mol. The molecular formula is C20H15ClN2O6S. The lowest BCUT2D eigenvalue weighted by molar-refractivity contribution is -0.385. The van der Waals surface area contributed by atoms with Crippen molar-refractivity contribution in [3.63, 3.8) is 0 Å². The number of hydrogen-bond acceptors (Lipinski definition) is 8. The fraction of sp³-hybridized carbons (Fsp3) is 0.200. The number of fused-ring (bicyclic) bond motifs is 1. The van der Waals surface area contributed by atoms with Crippen LogP contribution in [0.4, 0.5) is 5.69 Å². The summed E-state index contributed by atoms with van der Waals surface area (Å²) in [4.78, 5) is 28.1. The second kappa shape index (κ2) is 8.39. The summed E-state index contributed by atoms with van der Waals surface area (Å²) in [6.45, 7) is 1.78. The maximum absolute atomic E-state index is 12.7. The summed E-state index contributed by atoms with van der Waals surface area (Å²) in [5.41, 5.74) is 2.22. The number of benzene rings is 2. The first-order valence-corrected chi connectivity index (χ1v) is 10.0. The van der Waals surface area contributed by atoms with Gasteiger partial charge in [0.25, 0.3) is 5.69 Å². The van der Waals surface area contributed by atoms with E-state index < -0.39 is 10.9 Å². The number of aromatic nitrogens is 1. The highest BCUT2D eigenvalue weighted by atomic mass is 35.5. The van der Waals surface area contributed by atoms with E-state index in [0.717, 1.165) is 5.56 Å². The van der Waals surface area contributed by atoms with Crippen LogP contribution in [0.5, 0.6) is 5.75 Å². The Morgan fingerprint density at radius 2 is 2.10 bits per heavy atom. The molecule has 0 amide bonds. The number of non-ortho nitro benzene ring substituents is 1. The topological polar surface area (TPSA) is 101 Å². The molecule has 30 heavy (non-hydrogen) atoms. The molecule has 0 saturated heterocycles. The molecule has 2 heterocycles. The van der Waals surface area contributed by atoms with Crippen LogP contribution in [0.25, 0.3) is 10.6 Å². The van der Waals surface area contributed by atoms with Crippen molar-refractivity contribution >= 4 is 34.6 Å². The molecule has 1 aliphatic heterocycles. The molecular weight excluding hydrogens is 432 g/mol. The third-order valence-corrected chi connectivity index (χ3v) is 5.85. The van der Waals surface area contributed by atoms with Gasteiger partial charge in [-0.05, 0) is 19.1 Å². The van der Waals surface area contributed by atoms with E-state index >= 15 is 0 Å². The van der Waals surface area contributed by atoms with Gasteiger partial charge in [0.15, 0.2) is 6.79 Å². The van der Waals surface area contributed by atoms with Crippen molar-refractivity contribution in [2.24, 2.45) is 0 Å². The lowest BCUT2D eigenvalue weighted by Crippen LogP contribution is -2.15. The lowest BCUT2D eigenvalue weighted by atomic mass is 10.1. The molecule has 0 fully saturated rings. The maximum Gasteiger partial charge on any atom is 0.350 e. The highest BCUT2D eigenvalue weighted by Gasteiger charge is 2.23. The van der Waals surface area contributed by atoms with E-state index in [1.165, 1.54) is 23.5 Å². The fourth-order valence-electron chi connectivity index (χ4n) is 3.00. The molecule has 0 spiro atoms. The number of esters is 1. The standard InChI is InChI=1S/C20H15ClN2O6S/c1-11-18(30-19(22-11)12-2-4-15(21)5-3-12)20(24)28-9-14-7-16(23(25)26)6-13-8-27-10-29-17(13)14/h2-7H,8-10H2,1H3. The molecule has 10 heteroatoms. The molecule has 154 valence electrons. The fourth-order valence-corrected chi connectivity index (χ4v) is 4.10. The van der Waals surface area contributed by atoms with Gasteiger partial charge >= 0.3 is 5.97 Å². The molecule has 8 nitrogen and oxygen atoms in total. The van der Waals surface area contributed by atoms with Gasteiger partial charge in [-0.25, -0.2) is 9.78 Å². The zero-order valence-corrected chi connectivity index (χ0v) is 17.3. The van der Waals surface area contributed by atoms with Crippen molar-refractivity contribution in [3.8, 4) is 16.3 Å². The smallest absolute Gasteiger partial charge is 0.350 e. The Morgan fingerprint density at radius 1 is 1.33 bits per heavy atom. The first kappa shape index (κ1) is 20.3. The average molecular weight is 447 g/mol. The minimum absolute atomic E-state index is 0.0319. The molecule has 2 aromatic carbocycles. The van der Waals surface area contributed by atoms with Gasteiger partial charge in [0.2, 0.25) is 0 Å². The van der Waals surface area contributed by atoms with E-state index in [-0.39, 0.29) is 25.7 Å². The van der Waals surface area contributed by atoms with E-state index in [2.05, 4.69) is 4.98 Å². The zero-order valence-electron chi connectivity index (χ0n) is 15.7. The number of ether oxygens (including phenoxy) is 3. The van der Waals surface area contributed by atoms with Crippen LogP contribution in [0.3, 0.4) is 0 Å². The SMILES string of the molecule is Cc1nc(-c2ccc(Cl)cc2)sc1C(=O)OCc1cc([N+](=O)[O-])cc2c1OCOC2. The average Bonchev–Trinajstić information content (AvgIpc) is 3.13. The first-order valence-electron chi connectivity index (χ1n) is 8.83. The van der Waals surface area contributed by atoms with Gasteiger partial charge in [-0.15, -0.1) is 11.3 Å². The summed E-state index contributed by atoms with van der Waals surface area (Å²) in [5, 5.41) is 12.5. The minimum Gasteiger partial charge on any atom is -0.467 e. The van der Waals surface area contributed by atoms with E-state index in [1.807, 2.05) is 12.1 Å². The van der Waals surface area contributed by atoms with E-state index in [0.29, 0.717) is 37.5 Å². The number of rotatable bonds is 5. The van der Waals surface area contributed by atoms with Crippen LogP contribution in [-0.2, 0) is 22.7 Å². The second-order valence-corrected chi connectivity index (χ2v) is 7.91. The number of hydrogen-bond donors (Lipinski definition) is 0. The number of aryl methyl sites for hydroxylation is 1. The summed E-state index contributed by atoms with van der Waals surface area (Å²) in [5.74, 6) is -0.111. The number of halogens is 1. The summed E-state index contributed by atoms with van der Waals surface area (Å²) in [7, 11) is 0. The number of thiazole rings is 1. The first-order chi connectivity index (χ1) is 14.4. The van der Waals surface area contributed by atoms with Gasteiger partial charge < -0.3 is 14.2 Å². The molecule has 0 atom stereocenters. The highest BCUT2D eigenvalue weighted by Crippen LogP contribution is 2.34. The van der Waals surface area contributed by atoms with Gasteiger partial charge in [-0.1, -0.05) is 23.7 Å². The van der Waals surface area contributed by atoms with Crippen molar-refractivity contribution in [2.45, 2.75) is 20.1 Å². The molecule has 0 unspecified atom stereocenters. The Balaban J connectivity index is 1.55. The zero-order chi connectivity index (χ0) is 21.3. The Hall–Kier alpha value is -3.01. The Labute approximate surface area is 180 Å². The van der Waals surface area contributed by atoms with Gasteiger partial charge in [0, 0.05) is 33.8 Å². The maximum atomic E-state index is 12.7. The lowest BCUT2D eigenvalue weighted by Gasteiger charge is -2.20. The summed E-state index contributed by atoms with van der Waals surface area (Å²) >= 11 is 7.13. The highest BCUT2D eigenvalue weighted by molar-refractivity contribution is 7.17. The molecule has 0 aliphatic carbocycles. The number of carbonyl (C=O) groups excluding carboxylic acids is 1. The molecule has 0 radical (unpaired) electrons. The van der Waals surface area contributed by atoms with Crippen molar-refractivity contribution < 1.29 is 23.9 Å². The van der Waals surface area contributed by atoms with Gasteiger partial charge in [0.1, 0.15) is 22.2 Å². The minimum atomic E-state index is -0.558. The molecule has 0 N–H and O–H groups in total. The molecule has 0 saturated carbocycles. The van der Waals surface area contributed by atoms with Crippen molar-refractivity contribution in [2.75, 3.05) is 6.79 Å². The third kappa shape index (κ3) is 4.13. The van der Waals surface area contributed by atoms with Crippen LogP contribution < -0.4 is 4.74 Å². The molecule has 4 rings (SSSR count). The normalized spacial score (nSPS) is 12.7. The number of nitro benzene ring substituents is 1. The Bertz CT molecular complexity index is 1130.